The van der Waals surface area contributed by atoms with Crippen molar-refractivity contribution in [1.82, 2.24) is 0 Å². The van der Waals surface area contributed by atoms with Gasteiger partial charge in [0.15, 0.2) is 12.2 Å². The second kappa shape index (κ2) is 3.66. The Kier molecular flexibility index (Phi) is 2.48. The van der Waals surface area contributed by atoms with Crippen LogP contribution in [0, 0.1) is 0 Å². The fraction of sp³-hybridized carbons (Fsp3) is 0.600. The van der Waals surface area contributed by atoms with Gasteiger partial charge in [-0.1, -0.05) is 0 Å². The monoisotopic (exact) mass is 212 g/mol. The van der Waals surface area contributed by atoms with Crippen LogP contribution >= 0.6 is 0 Å². The van der Waals surface area contributed by atoms with E-state index in [9.17, 15) is 9.59 Å². The van der Waals surface area contributed by atoms with Crippen LogP contribution in [0.4, 0.5) is 0 Å². The van der Waals surface area contributed by atoms with Crippen LogP contribution in [0.25, 0.3) is 0 Å². The average Bonchev–Trinajstić information content (AvgIpc) is 2.85. The molecule has 0 aromatic rings. The van der Waals surface area contributed by atoms with E-state index in [1.807, 2.05) is 6.92 Å². The minimum absolute atomic E-state index is 0.0485. The van der Waals surface area contributed by atoms with Crippen LogP contribution in [-0.4, -0.2) is 36.4 Å². The smallest absolute Gasteiger partial charge is 0.331 e. The van der Waals surface area contributed by atoms with Crippen LogP contribution in [0.3, 0.4) is 0 Å². The third-order valence-corrected chi connectivity index (χ3v) is 2.38. The molecular weight excluding hydrogens is 200 g/mol. The molecule has 82 valence electrons. The Morgan fingerprint density at radius 2 is 2.13 bits per heavy atom. The number of cyclic esters (lactones) is 1. The number of carbonyl (C=O) groups excluding carboxylic acids is 2. The summed E-state index contributed by atoms with van der Waals surface area (Å²) in [5, 5.41) is 0. The summed E-state index contributed by atoms with van der Waals surface area (Å²) in [5.41, 5.74) is 0. The van der Waals surface area contributed by atoms with Crippen molar-refractivity contribution in [2.75, 3.05) is 0 Å². The van der Waals surface area contributed by atoms with Gasteiger partial charge in [0.1, 0.15) is 6.10 Å². The molecule has 0 radical (unpaired) electrons. The summed E-state index contributed by atoms with van der Waals surface area (Å²) in [5.74, 6) is -0.827. The first-order chi connectivity index (χ1) is 7.08. The molecule has 0 aliphatic carbocycles. The zero-order valence-corrected chi connectivity index (χ0v) is 8.51. The number of rotatable bonds is 2. The number of esters is 2. The molecule has 0 aromatic carbocycles. The van der Waals surface area contributed by atoms with Crippen LogP contribution in [0.2, 0.25) is 0 Å². The van der Waals surface area contributed by atoms with E-state index >= 15 is 0 Å². The van der Waals surface area contributed by atoms with Crippen molar-refractivity contribution in [3.8, 4) is 0 Å². The molecule has 0 N–H and O–H groups in total. The van der Waals surface area contributed by atoms with Gasteiger partial charge in [-0.05, 0) is 13.0 Å². The molecule has 0 aromatic heterocycles. The lowest BCUT2D eigenvalue weighted by molar-refractivity contribution is -0.163. The molecule has 1 fully saturated rings. The van der Waals surface area contributed by atoms with Crippen molar-refractivity contribution in [2.24, 2.45) is 0 Å². The van der Waals surface area contributed by atoms with E-state index in [0.29, 0.717) is 0 Å². The van der Waals surface area contributed by atoms with E-state index < -0.39 is 24.1 Å². The molecule has 2 aliphatic rings. The molecule has 0 saturated carbocycles. The number of hydrogen-bond donors (Lipinski definition) is 0. The molecule has 2 rings (SSSR count). The standard InChI is InChI=1S/C10H12O5/c1-5-9(13-5)10-7(14-6(2)11)3-4-8(12)15-10/h3-5,7,9-10H,1-2H3/t5-,7+,9-,10-/m0/s1. The van der Waals surface area contributed by atoms with Gasteiger partial charge < -0.3 is 14.2 Å². The summed E-state index contributed by atoms with van der Waals surface area (Å²) in [6, 6.07) is 0. The summed E-state index contributed by atoms with van der Waals surface area (Å²) >= 11 is 0. The highest BCUT2D eigenvalue weighted by Gasteiger charge is 2.49. The molecule has 15 heavy (non-hydrogen) atoms. The number of ether oxygens (including phenoxy) is 3. The number of epoxide rings is 1. The molecule has 2 heterocycles. The molecule has 5 nitrogen and oxygen atoms in total. The quantitative estimate of drug-likeness (QED) is 0.483. The summed E-state index contributed by atoms with van der Waals surface area (Å²) < 4.78 is 15.3. The zero-order chi connectivity index (χ0) is 11.0. The van der Waals surface area contributed by atoms with Crippen molar-refractivity contribution in [2.45, 2.75) is 38.3 Å². The lowest BCUT2D eigenvalue weighted by atomic mass is 10.1. The van der Waals surface area contributed by atoms with Crippen LogP contribution in [-0.2, 0) is 23.8 Å². The highest BCUT2D eigenvalue weighted by Crippen LogP contribution is 2.31. The second-order valence-electron chi connectivity index (χ2n) is 3.64. The first-order valence-electron chi connectivity index (χ1n) is 4.79. The predicted octanol–water partition coefficient (Wildman–Crippen LogP) is 0.187. The Morgan fingerprint density at radius 3 is 2.67 bits per heavy atom. The van der Waals surface area contributed by atoms with Gasteiger partial charge in [-0.25, -0.2) is 4.79 Å². The largest absolute Gasteiger partial charge is 0.454 e. The fourth-order valence-corrected chi connectivity index (χ4v) is 1.62. The SMILES string of the molecule is CC(=O)O[C@@H]1C=CC(=O)O[C@@H]1[C@H]1O[C@H]1C. The van der Waals surface area contributed by atoms with E-state index in [1.54, 1.807) is 0 Å². The fourth-order valence-electron chi connectivity index (χ4n) is 1.62. The van der Waals surface area contributed by atoms with Crippen LogP contribution < -0.4 is 0 Å². The van der Waals surface area contributed by atoms with Crippen molar-refractivity contribution >= 4 is 11.9 Å². The Hall–Kier alpha value is -1.36. The summed E-state index contributed by atoms with van der Waals surface area (Å²) in [7, 11) is 0. The Balaban J connectivity index is 2.07. The van der Waals surface area contributed by atoms with Gasteiger partial charge >= 0.3 is 11.9 Å². The van der Waals surface area contributed by atoms with E-state index in [2.05, 4.69) is 0 Å². The van der Waals surface area contributed by atoms with E-state index in [-0.39, 0.29) is 12.2 Å². The summed E-state index contributed by atoms with van der Waals surface area (Å²) in [6.45, 7) is 3.19. The average molecular weight is 212 g/mol. The van der Waals surface area contributed by atoms with E-state index in [4.69, 9.17) is 14.2 Å². The highest BCUT2D eigenvalue weighted by molar-refractivity contribution is 5.83. The molecule has 1 saturated heterocycles. The molecule has 0 unspecified atom stereocenters. The van der Waals surface area contributed by atoms with Crippen LogP contribution in [0.15, 0.2) is 12.2 Å². The Morgan fingerprint density at radius 1 is 1.47 bits per heavy atom. The Bertz CT molecular complexity index is 322. The minimum atomic E-state index is -0.532. The molecular formula is C10H12O5. The topological polar surface area (TPSA) is 65.1 Å². The normalized spacial score (nSPS) is 38.4. The van der Waals surface area contributed by atoms with Gasteiger partial charge in [-0.2, -0.15) is 0 Å². The van der Waals surface area contributed by atoms with Crippen LogP contribution in [0.1, 0.15) is 13.8 Å². The van der Waals surface area contributed by atoms with Gasteiger partial charge in [-0.3, -0.25) is 4.79 Å². The minimum Gasteiger partial charge on any atom is -0.454 e. The van der Waals surface area contributed by atoms with Gasteiger partial charge in [-0.15, -0.1) is 0 Å². The lowest BCUT2D eigenvalue weighted by Crippen LogP contribution is -2.40. The first-order valence-corrected chi connectivity index (χ1v) is 4.79. The second-order valence-corrected chi connectivity index (χ2v) is 3.64. The maximum Gasteiger partial charge on any atom is 0.331 e. The summed E-state index contributed by atoms with van der Waals surface area (Å²) in [4.78, 5) is 21.9. The Labute approximate surface area is 87.0 Å². The third-order valence-electron chi connectivity index (χ3n) is 2.38. The van der Waals surface area contributed by atoms with Crippen molar-refractivity contribution in [3.05, 3.63) is 12.2 Å². The molecule has 4 atom stereocenters. The van der Waals surface area contributed by atoms with Gasteiger partial charge in [0.05, 0.1) is 6.10 Å². The number of carbonyl (C=O) groups is 2. The molecule has 0 bridgehead atoms. The molecule has 0 amide bonds. The molecule has 0 spiro atoms. The highest BCUT2D eigenvalue weighted by atomic mass is 16.6. The number of hydrogen-bond acceptors (Lipinski definition) is 5. The van der Waals surface area contributed by atoms with E-state index in [1.165, 1.54) is 19.1 Å². The van der Waals surface area contributed by atoms with Crippen molar-refractivity contribution in [1.29, 1.82) is 0 Å². The van der Waals surface area contributed by atoms with Gasteiger partial charge in [0.2, 0.25) is 0 Å². The third kappa shape index (κ3) is 2.18. The van der Waals surface area contributed by atoms with Crippen molar-refractivity contribution in [3.63, 3.8) is 0 Å². The molecule has 5 heteroatoms. The van der Waals surface area contributed by atoms with Gasteiger partial charge in [0.25, 0.3) is 0 Å². The maximum atomic E-state index is 11.0. The summed E-state index contributed by atoms with van der Waals surface area (Å²) in [6.07, 6.45) is 1.64. The molecule has 2 aliphatic heterocycles. The lowest BCUT2D eigenvalue weighted by Gasteiger charge is -2.25. The zero-order valence-electron chi connectivity index (χ0n) is 8.51. The maximum absolute atomic E-state index is 11.0. The van der Waals surface area contributed by atoms with Gasteiger partial charge in [0, 0.05) is 13.0 Å². The van der Waals surface area contributed by atoms with Crippen LogP contribution in [0.5, 0.6) is 0 Å². The first kappa shape index (κ1) is 10.2. The van der Waals surface area contributed by atoms with Crippen molar-refractivity contribution < 1.29 is 23.8 Å². The predicted molar refractivity (Wildman–Crippen MR) is 48.9 cm³/mol. The van der Waals surface area contributed by atoms with E-state index in [0.717, 1.165) is 0 Å².